The summed E-state index contributed by atoms with van der Waals surface area (Å²) in [4.78, 5) is 29.1. The van der Waals surface area contributed by atoms with Crippen molar-refractivity contribution in [3.8, 4) is 0 Å². The molecule has 2 unspecified atom stereocenters. The van der Waals surface area contributed by atoms with E-state index in [1.165, 1.54) is 26.2 Å². The minimum absolute atomic E-state index is 0.0834. The summed E-state index contributed by atoms with van der Waals surface area (Å²) in [6.45, 7) is 6.62. The summed E-state index contributed by atoms with van der Waals surface area (Å²) in [6.07, 6.45) is 2.75. The number of benzene rings is 1. The second-order valence-electron chi connectivity index (χ2n) is 7.63. The highest BCUT2D eigenvalue weighted by Crippen LogP contribution is 2.28. The Kier molecular flexibility index (Phi) is 4.86. The number of nitrogens with one attached hydrogen (secondary N) is 1. The number of unbranched alkanes of at least 4 members (excludes halogenated alkanes) is 1. The van der Waals surface area contributed by atoms with Crippen molar-refractivity contribution in [1.82, 2.24) is 10.2 Å². The lowest BCUT2D eigenvalue weighted by atomic mass is 10.0. The standard InChI is InChI=1S/C20H27N3O2/c24-19-7-8-20(25)23(18-6-2-1-5-17(18)19)10-4-3-9-22-13-15-11-21-12-16(15)14-22/h1-2,5-6,15-16,21H,3-4,7-14H2. The van der Waals surface area contributed by atoms with Gasteiger partial charge in [0.25, 0.3) is 0 Å². The smallest absolute Gasteiger partial charge is 0.227 e. The summed E-state index contributed by atoms with van der Waals surface area (Å²) in [5.41, 5.74) is 1.50. The van der Waals surface area contributed by atoms with E-state index < -0.39 is 0 Å². The van der Waals surface area contributed by atoms with Gasteiger partial charge in [-0.1, -0.05) is 12.1 Å². The number of anilines is 1. The van der Waals surface area contributed by atoms with Crippen LogP contribution >= 0.6 is 0 Å². The SMILES string of the molecule is O=C1CCC(=O)N(CCCCN2CC3CNCC3C2)c2ccccc21. The van der Waals surface area contributed by atoms with Gasteiger partial charge in [0.05, 0.1) is 5.69 Å². The first-order valence-corrected chi connectivity index (χ1v) is 9.58. The van der Waals surface area contributed by atoms with Gasteiger partial charge in [0.2, 0.25) is 5.91 Å². The molecule has 1 aromatic carbocycles. The fourth-order valence-corrected chi connectivity index (χ4v) is 4.55. The predicted molar refractivity (Wildman–Crippen MR) is 97.9 cm³/mol. The molecule has 3 heterocycles. The van der Waals surface area contributed by atoms with E-state index in [0.717, 1.165) is 36.9 Å². The highest BCUT2D eigenvalue weighted by molar-refractivity contribution is 6.09. The molecule has 0 saturated carbocycles. The maximum atomic E-state index is 12.5. The maximum Gasteiger partial charge on any atom is 0.227 e. The van der Waals surface area contributed by atoms with E-state index in [-0.39, 0.29) is 11.7 Å². The average molecular weight is 341 g/mol. The van der Waals surface area contributed by atoms with Crippen LogP contribution < -0.4 is 10.2 Å². The van der Waals surface area contributed by atoms with Gasteiger partial charge in [-0.2, -0.15) is 0 Å². The van der Waals surface area contributed by atoms with Crippen LogP contribution in [0.2, 0.25) is 0 Å². The van der Waals surface area contributed by atoms with Crippen LogP contribution in [0.15, 0.2) is 24.3 Å². The number of likely N-dealkylation sites (tertiary alicyclic amines) is 1. The van der Waals surface area contributed by atoms with Crippen LogP contribution in [-0.4, -0.2) is 55.9 Å². The van der Waals surface area contributed by atoms with Crippen LogP contribution in [0.4, 0.5) is 5.69 Å². The van der Waals surface area contributed by atoms with Gasteiger partial charge < -0.3 is 15.1 Å². The number of carbonyl (C=O) groups is 2. The molecular weight excluding hydrogens is 314 g/mol. The van der Waals surface area contributed by atoms with Gasteiger partial charge >= 0.3 is 0 Å². The van der Waals surface area contributed by atoms with E-state index in [2.05, 4.69) is 10.2 Å². The first-order chi connectivity index (χ1) is 12.2. The van der Waals surface area contributed by atoms with Crippen LogP contribution in [0.1, 0.15) is 36.0 Å². The molecular formula is C20H27N3O2. The Morgan fingerprint density at radius 2 is 1.68 bits per heavy atom. The molecule has 134 valence electrons. The Morgan fingerprint density at radius 3 is 2.48 bits per heavy atom. The van der Waals surface area contributed by atoms with Gasteiger partial charge in [0.15, 0.2) is 5.78 Å². The number of ketones is 1. The van der Waals surface area contributed by atoms with E-state index in [4.69, 9.17) is 0 Å². The molecule has 0 spiro atoms. The van der Waals surface area contributed by atoms with Crippen LogP contribution in [0, 0.1) is 11.8 Å². The van der Waals surface area contributed by atoms with E-state index in [1.807, 2.05) is 29.2 Å². The number of fused-ring (bicyclic) bond motifs is 2. The quantitative estimate of drug-likeness (QED) is 0.832. The fourth-order valence-electron chi connectivity index (χ4n) is 4.55. The molecule has 2 atom stereocenters. The lowest BCUT2D eigenvalue weighted by molar-refractivity contribution is -0.118. The molecule has 0 aliphatic carbocycles. The summed E-state index contributed by atoms with van der Waals surface area (Å²) >= 11 is 0. The summed E-state index contributed by atoms with van der Waals surface area (Å²) in [5, 5.41) is 3.48. The monoisotopic (exact) mass is 341 g/mol. The van der Waals surface area contributed by atoms with Crippen LogP contribution in [0.3, 0.4) is 0 Å². The van der Waals surface area contributed by atoms with E-state index in [9.17, 15) is 9.59 Å². The van der Waals surface area contributed by atoms with Gasteiger partial charge in [-0.15, -0.1) is 0 Å². The predicted octanol–water partition coefficient (Wildman–Crippen LogP) is 1.93. The zero-order valence-electron chi connectivity index (χ0n) is 14.7. The molecule has 1 amide bonds. The third kappa shape index (κ3) is 3.48. The fraction of sp³-hybridized carbons (Fsp3) is 0.600. The molecule has 4 rings (SSSR count). The van der Waals surface area contributed by atoms with Crippen molar-refractivity contribution in [2.75, 3.05) is 44.2 Å². The summed E-state index contributed by atoms with van der Waals surface area (Å²) in [5.74, 6) is 1.85. The molecule has 2 fully saturated rings. The van der Waals surface area contributed by atoms with Gasteiger partial charge in [-0.05, 0) is 56.4 Å². The van der Waals surface area contributed by atoms with Crippen molar-refractivity contribution < 1.29 is 9.59 Å². The van der Waals surface area contributed by atoms with Crippen molar-refractivity contribution in [2.45, 2.75) is 25.7 Å². The third-order valence-electron chi connectivity index (χ3n) is 5.93. The Hall–Kier alpha value is -1.72. The summed E-state index contributed by atoms with van der Waals surface area (Å²) in [6, 6.07) is 7.55. The number of amides is 1. The number of hydrogen-bond donors (Lipinski definition) is 1. The number of rotatable bonds is 5. The molecule has 1 N–H and O–H groups in total. The minimum Gasteiger partial charge on any atom is -0.316 e. The zero-order valence-corrected chi connectivity index (χ0v) is 14.7. The first-order valence-electron chi connectivity index (χ1n) is 9.58. The Labute approximate surface area is 149 Å². The van der Waals surface area contributed by atoms with Crippen molar-refractivity contribution >= 4 is 17.4 Å². The maximum absolute atomic E-state index is 12.5. The van der Waals surface area contributed by atoms with Crippen molar-refractivity contribution in [3.05, 3.63) is 29.8 Å². The van der Waals surface area contributed by atoms with Crippen molar-refractivity contribution in [2.24, 2.45) is 11.8 Å². The van der Waals surface area contributed by atoms with E-state index in [0.29, 0.717) is 24.9 Å². The highest BCUT2D eigenvalue weighted by Gasteiger charge is 2.35. The van der Waals surface area contributed by atoms with Crippen molar-refractivity contribution in [3.63, 3.8) is 0 Å². The Balaban J connectivity index is 1.32. The first kappa shape index (κ1) is 16.7. The van der Waals surface area contributed by atoms with Gasteiger partial charge in [0, 0.05) is 38.0 Å². The van der Waals surface area contributed by atoms with Gasteiger partial charge in [-0.3, -0.25) is 9.59 Å². The van der Waals surface area contributed by atoms with Crippen LogP contribution in [0.25, 0.3) is 0 Å². The van der Waals surface area contributed by atoms with Crippen LogP contribution in [-0.2, 0) is 4.79 Å². The van der Waals surface area contributed by atoms with Crippen LogP contribution in [0.5, 0.6) is 0 Å². The van der Waals surface area contributed by atoms with E-state index >= 15 is 0 Å². The molecule has 1 aromatic rings. The van der Waals surface area contributed by atoms with Crippen molar-refractivity contribution in [1.29, 1.82) is 0 Å². The second kappa shape index (κ2) is 7.26. The molecule has 0 radical (unpaired) electrons. The number of para-hydroxylation sites is 1. The largest absolute Gasteiger partial charge is 0.316 e. The van der Waals surface area contributed by atoms with E-state index in [1.54, 1.807) is 0 Å². The molecule has 0 aromatic heterocycles. The molecule has 3 aliphatic heterocycles. The van der Waals surface area contributed by atoms with Gasteiger partial charge in [0.1, 0.15) is 0 Å². The zero-order chi connectivity index (χ0) is 17.2. The lowest BCUT2D eigenvalue weighted by Crippen LogP contribution is -2.32. The highest BCUT2D eigenvalue weighted by atomic mass is 16.2. The van der Waals surface area contributed by atoms with Gasteiger partial charge in [-0.25, -0.2) is 0 Å². The number of carbonyl (C=O) groups excluding carboxylic acids is 2. The summed E-state index contributed by atoms with van der Waals surface area (Å²) < 4.78 is 0. The second-order valence-corrected chi connectivity index (χ2v) is 7.63. The molecule has 2 saturated heterocycles. The number of hydrogen-bond acceptors (Lipinski definition) is 4. The summed E-state index contributed by atoms with van der Waals surface area (Å²) in [7, 11) is 0. The molecule has 25 heavy (non-hydrogen) atoms. The minimum atomic E-state index is 0.0834. The molecule has 5 nitrogen and oxygen atoms in total. The Morgan fingerprint density at radius 1 is 0.960 bits per heavy atom. The lowest BCUT2D eigenvalue weighted by Gasteiger charge is -2.23. The topological polar surface area (TPSA) is 52.7 Å². The number of Topliss-reactive ketones (excluding diaryl/α,β-unsaturated/α-hetero) is 1. The number of nitrogens with zero attached hydrogens (tertiary/aromatic N) is 2. The average Bonchev–Trinajstić information content (AvgIpc) is 3.18. The third-order valence-corrected chi connectivity index (χ3v) is 5.93. The molecule has 3 aliphatic rings. The molecule has 5 heteroatoms. The normalized spacial score (nSPS) is 26.6. The Bertz CT molecular complexity index is 648. The molecule has 0 bridgehead atoms.